The van der Waals surface area contributed by atoms with Crippen LogP contribution in [0.5, 0.6) is 0 Å². The summed E-state index contributed by atoms with van der Waals surface area (Å²) < 4.78 is 42.5. The fourth-order valence-corrected chi connectivity index (χ4v) is 4.63. The molecule has 10 heteroatoms. The zero-order valence-corrected chi connectivity index (χ0v) is 21.6. The zero-order valence-electron chi connectivity index (χ0n) is 20.8. The predicted molar refractivity (Wildman–Crippen MR) is 135 cm³/mol. The van der Waals surface area contributed by atoms with Crippen LogP contribution in [0.15, 0.2) is 54.6 Å². The van der Waals surface area contributed by atoms with Gasteiger partial charge in [0, 0.05) is 27.2 Å². The molecule has 0 heterocycles. The minimum absolute atomic E-state index is 0.104. The third kappa shape index (κ3) is 7.50. The van der Waals surface area contributed by atoms with E-state index in [4.69, 9.17) is 0 Å². The van der Waals surface area contributed by atoms with Gasteiger partial charge in [-0.15, -0.1) is 0 Å². The van der Waals surface area contributed by atoms with Gasteiger partial charge in [-0.3, -0.25) is 9.59 Å². The first-order valence-corrected chi connectivity index (χ1v) is 13.1. The molecule has 1 atom stereocenters. The summed E-state index contributed by atoms with van der Waals surface area (Å²) in [5, 5.41) is 2.87. The number of nitrogens with zero attached hydrogens (tertiary/aromatic N) is 3. The number of para-hydroxylation sites is 1. The SMILES string of the molecule is CCCCNC(=O)C(CC)N(Cc1ccccc1)C(=O)CN(c1ccccc1F)S(=O)(=O)N(C)C. The third-order valence-corrected chi connectivity index (χ3v) is 7.36. The Balaban J connectivity index is 2.45. The van der Waals surface area contributed by atoms with E-state index in [-0.39, 0.29) is 18.1 Å². The highest BCUT2D eigenvalue weighted by Crippen LogP contribution is 2.24. The van der Waals surface area contributed by atoms with E-state index in [0.717, 1.165) is 33.1 Å². The molecule has 0 saturated heterocycles. The summed E-state index contributed by atoms with van der Waals surface area (Å²) in [6, 6.07) is 13.7. The topological polar surface area (TPSA) is 90.0 Å². The Bertz CT molecular complexity index is 1080. The summed E-state index contributed by atoms with van der Waals surface area (Å²) in [6.45, 7) is 3.73. The lowest BCUT2D eigenvalue weighted by atomic mass is 10.1. The van der Waals surface area contributed by atoms with Crippen LogP contribution in [-0.2, 0) is 26.3 Å². The molecule has 0 fully saturated rings. The van der Waals surface area contributed by atoms with Crippen molar-refractivity contribution in [2.75, 3.05) is 31.5 Å². The van der Waals surface area contributed by atoms with E-state index in [2.05, 4.69) is 5.32 Å². The first-order chi connectivity index (χ1) is 16.6. The quantitative estimate of drug-likeness (QED) is 0.423. The molecule has 0 aliphatic heterocycles. The number of benzene rings is 2. The molecule has 35 heavy (non-hydrogen) atoms. The van der Waals surface area contributed by atoms with Gasteiger partial charge in [0.1, 0.15) is 18.4 Å². The average Bonchev–Trinajstić information content (AvgIpc) is 2.83. The summed E-state index contributed by atoms with van der Waals surface area (Å²) in [6.07, 6.45) is 2.04. The average molecular weight is 507 g/mol. The van der Waals surface area contributed by atoms with Gasteiger partial charge in [0.15, 0.2) is 0 Å². The van der Waals surface area contributed by atoms with Gasteiger partial charge in [-0.25, -0.2) is 8.70 Å². The monoisotopic (exact) mass is 506 g/mol. The molecule has 0 aromatic heterocycles. The van der Waals surface area contributed by atoms with Crippen LogP contribution in [0.1, 0.15) is 38.7 Å². The summed E-state index contributed by atoms with van der Waals surface area (Å²) in [5.41, 5.74) is 0.545. The molecule has 0 spiro atoms. The normalized spacial score (nSPS) is 12.3. The Kier molecular flexibility index (Phi) is 10.7. The van der Waals surface area contributed by atoms with Gasteiger partial charge in [0.2, 0.25) is 11.8 Å². The lowest BCUT2D eigenvalue weighted by Crippen LogP contribution is -2.53. The Hall–Kier alpha value is -2.98. The largest absolute Gasteiger partial charge is 0.354 e. The van der Waals surface area contributed by atoms with E-state index in [1.807, 2.05) is 37.3 Å². The zero-order chi connectivity index (χ0) is 26.0. The number of nitrogens with one attached hydrogen (secondary N) is 1. The van der Waals surface area contributed by atoms with E-state index in [9.17, 15) is 22.4 Å². The number of anilines is 1. The number of amides is 2. The lowest BCUT2D eigenvalue weighted by Gasteiger charge is -2.34. The second-order valence-electron chi connectivity index (χ2n) is 8.32. The maximum Gasteiger partial charge on any atom is 0.304 e. The summed E-state index contributed by atoms with van der Waals surface area (Å²) in [5.74, 6) is -1.69. The molecule has 2 rings (SSSR count). The second-order valence-corrected chi connectivity index (χ2v) is 10.4. The molecule has 2 aromatic rings. The Labute approximate surface area is 207 Å². The highest BCUT2D eigenvalue weighted by Gasteiger charge is 2.34. The van der Waals surface area contributed by atoms with Crippen molar-refractivity contribution in [3.05, 3.63) is 66.0 Å². The fraction of sp³-hybridized carbons (Fsp3) is 0.440. The highest BCUT2D eigenvalue weighted by molar-refractivity contribution is 7.90. The Morgan fingerprint density at radius 3 is 2.20 bits per heavy atom. The van der Waals surface area contributed by atoms with Gasteiger partial charge >= 0.3 is 10.2 Å². The molecule has 8 nitrogen and oxygen atoms in total. The van der Waals surface area contributed by atoms with E-state index in [0.29, 0.717) is 13.0 Å². The lowest BCUT2D eigenvalue weighted by molar-refractivity contribution is -0.140. The standard InChI is InChI=1S/C25H35FN4O4S/c1-5-7-17-27-25(32)22(6-2)29(18-20-13-9-8-10-14-20)24(31)19-30(35(33,34)28(3)4)23-16-12-11-15-21(23)26/h8-16,22H,5-7,17-19H2,1-4H3,(H,27,32). The molecule has 0 radical (unpaired) electrons. The van der Waals surface area contributed by atoms with E-state index < -0.39 is 34.5 Å². The third-order valence-electron chi connectivity index (χ3n) is 5.55. The summed E-state index contributed by atoms with van der Waals surface area (Å²) in [7, 11) is -1.59. The summed E-state index contributed by atoms with van der Waals surface area (Å²) in [4.78, 5) is 28.0. The van der Waals surface area contributed by atoms with Gasteiger partial charge in [-0.2, -0.15) is 12.7 Å². The second kappa shape index (κ2) is 13.2. The Morgan fingerprint density at radius 2 is 1.63 bits per heavy atom. The van der Waals surface area contributed by atoms with Gasteiger partial charge in [-0.1, -0.05) is 62.7 Å². The number of rotatable bonds is 13. The number of hydrogen-bond donors (Lipinski definition) is 1. The molecule has 1 unspecified atom stereocenters. The van der Waals surface area contributed by atoms with Crippen molar-refractivity contribution in [2.24, 2.45) is 0 Å². The molecule has 2 amide bonds. The molecule has 2 aromatic carbocycles. The molecular formula is C25H35FN4O4S. The molecule has 192 valence electrons. The number of carbonyl (C=O) groups excluding carboxylic acids is 2. The van der Waals surface area contributed by atoms with E-state index >= 15 is 0 Å². The van der Waals surface area contributed by atoms with Crippen LogP contribution in [0.2, 0.25) is 0 Å². The van der Waals surface area contributed by atoms with Crippen LogP contribution in [0, 0.1) is 5.82 Å². The fourth-order valence-electron chi connectivity index (χ4n) is 3.56. The van der Waals surface area contributed by atoms with Gasteiger partial charge in [0.25, 0.3) is 0 Å². The molecular weight excluding hydrogens is 471 g/mol. The molecule has 0 saturated carbocycles. The van der Waals surface area contributed by atoms with Gasteiger partial charge < -0.3 is 10.2 Å². The molecule has 0 aliphatic rings. The summed E-state index contributed by atoms with van der Waals surface area (Å²) >= 11 is 0. The minimum Gasteiger partial charge on any atom is -0.354 e. The molecule has 0 bridgehead atoms. The van der Waals surface area contributed by atoms with Crippen molar-refractivity contribution in [3.63, 3.8) is 0 Å². The van der Waals surface area contributed by atoms with Crippen molar-refractivity contribution in [1.29, 1.82) is 0 Å². The van der Waals surface area contributed by atoms with Crippen molar-refractivity contribution in [2.45, 2.75) is 45.7 Å². The Morgan fingerprint density at radius 1 is 1.00 bits per heavy atom. The van der Waals surface area contributed by atoms with Crippen LogP contribution in [0.25, 0.3) is 0 Å². The van der Waals surface area contributed by atoms with Crippen LogP contribution in [0.3, 0.4) is 0 Å². The highest BCUT2D eigenvalue weighted by atomic mass is 32.2. The predicted octanol–water partition coefficient (Wildman–Crippen LogP) is 3.16. The van der Waals surface area contributed by atoms with Crippen LogP contribution in [0.4, 0.5) is 10.1 Å². The molecule has 1 N–H and O–H groups in total. The molecule has 0 aliphatic carbocycles. The first kappa shape index (κ1) is 28.3. The van der Waals surface area contributed by atoms with Crippen molar-refractivity contribution < 1.29 is 22.4 Å². The van der Waals surface area contributed by atoms with E-state index in [1.54, 1.807) is 6.92 Å². The van der Waals surface area contributed by atoms with E-state index in [1.165, 1.54) is 37.2 Å². The van der Waals surface area contributed by atoms with Crippen molar-refractivity contribution >= 4 is 27.7 Å². The number of unbranched alkanes of at least 4 members (excludes halogenated alkanes) is 1. The minimum atomic E-state index is -4.21. The van der Waals surface area contributed by atoms with Crippen LogP contribution >= 0.6 is 0 Å². The smallest absolute Gasteiger partial charge is 0.304 e. The van der Waals surface area contributed by atoms with Gasteiger partial charge in [0.05, 0.1) is 5.69 Å². The van der Waals surface area contributed by atoms with Gasteiger partial charge in [-0.05, 0) is 30.5 Å². The van der Waals surface area contributed by atoms with Crippen LogP contribution < -0.4 is 9.62 Å². The maximum atomic E-state index is 14.6. The first-order valence-electron chi connectivity index (χ1n) is 11.7. The number of carbonyl (C=O) groups is 2. The number of halogens is 1. The van der Waals surface area contributed by atoms with Crippen molar-refractivity contribution in [3.8, 4) is 0 Å². The number of hydrogen-bond acceptors (Lipinski definition) is 4. The maximum absolute atomic E-state index is 14.6. The van der Waals surface area contributed by atoms with Crippen molar-refractivity contribution in [1.82, 2.24) is 14.5 Å². The van der Waals surface area contributed by atoms with Crippen LogP contribution in [-0.4, -0.2) is 62.7 Å².